The highest BCUT2D eigenvalue weighted by Crippen LogP contribution is 2.30. The number of nitrogens with zero attached hydrogens (tertiary/aromatic N) is 1. The summed E-state index contributed by atoms with van der Waals surface area (Å²) in [6, 6.07) is 12.6. The maximum Gasteiger partial charge on any atom is 0.150 e. The Morgan fingerprint density at radius 1 is 1.29 bits per heavy atom. The second-order valence-electron chi connectivity index (χ2n) is 4.89. The second-order valence-corrected chi connectivity index (χ2v) is 6.53. The molecule has 2 aromatic carbocycles. The van der Waals surface area contributed by atoms with Crippen molar-refractivity contribution >= 4 is 28.5 Å². The van der Waals surface area contributed by atoms with Gasteiger partial charge in [-0.25, -0.2) is 4.39 Å². The fourth-order valence-electron chi connectivity index (χ4n) is 2.13. The van der Waals surface area contributed by atoms with Gasteiger partial charge in [0.2, 0.25) is 0 Å². The maximum absolute atomic E-state index is 14.1. The Morgan fingerprint density at radius 2 is 2.00 bits per heavy atom. The first kappa shape index (κ1) is 15.4. The first-order chi connectivity index (χ1) is 10.0. The van der Waals surface area contributed by atoms with Gasteiger partial charge >= 0.3 is 0 Å². The van der Waals surface area contributed by atoms with Crippen LogP contribution in [0.1, 0.15) is 21.5 Å². The lowest BCUT2D eigenvalue weighted by molar-refractivity contribution is 0.112. The quantitative estimate of drug-likeness (QED) is 0.609. The topological polar surface area (TPSA) is 20.3 Å². The predicted octanol–water partition coefficient (Wildman–Crippen LogP) is 4.20. The van der Waals surface area contributed by atoms with Gasteiger partial charge in [0, 0.05) is 16.8 Å². The van der Waals surface area contributed by atoms with Crippen LogP contribution in [0.3, 0.4) is 0 Å². The average molecular weight is 303 g/mol. The van der Waals surface area contributed by atoms with Crippen molar-refractivity contribution in [3.05, 3.63) is 65.0 Å². The van der Waals surface area contributed by atoms with Crippen molar-refractivity contribution in [2.75, 3.05) is 10.6 Å². The summed E-state index contributed by atoms with van der Waals surface area (Å²) >= 11 is 0. The number of aryl methyl sites for hydroxylation is 1. The zero-order valence-corrected chi connectivity index (χ0v) is 13.0. The lowest BCUT2D eigenvalue weighted by atomic mass is 10.1. The molecule has 0 radical (unpaired) electrons. The van der Waals surface area contributed by atoms with E-state index in [-0.39, 0.29) is 16.5 Å². The summed E-state index contributed by atoms with van der Waals surface area (Å²) in [4.78, 5) is 10.7. The van der Waals surface area contributed by atoms with Gasteiger partial charge in [-0.2, -0.15) is 0 Å². The summed E-state index contributed by atoms with van der Waals surface area (Å²) in [7, 11) is -0.283. The molecule has 1 unspecified atom stereocenters. The Morgan fingerprint density at radius 3 is 2.57 bits per heavy atom. The lowest BCUT2D eigenvalue weighted by Crippen LogP contribution is -2.17. The van der Waals surface area contributed by atoms with E-state index in [0.29, 0.717) is 24.0 Å². The van der Waals surface area contributed by atoms with Crippen molar-refractivity contribution in [2.24, 2.45) is 0 Å². The molecule has 4 heteroatoms. The van der Waals surface area contributed by atoms with E-state index in [2.05, 4.69) is 10.2 Å². The molecule has 21 heavy (non-hydrogen) atoms. The van der Waals surface area contributed by atoms with Gasteiger partial charge in [-0.15, -0.1) is 10.7 Å². The molecule has 0 saturated carbocycles. The summed E-state index contributed by atoms with van der Waals surface area (Å²) in [5, 5.41) is 0. The summed E-state index contributed by atoms with van der Waals surface area (Å²) in [5.74, 6) is 3.73. The highest BCUT2D eigenvalue weighted by Gasteiger charge is 2.13. The number of carbonyl (C=O) groups excluding carboxylic acids is 1. The molecule has 2 rings (SSSR count). The summed E-state index contributed by atoms with van der Waals surface area (Å²) in [6.45, 7) is 2.46. The van der Waals surface area contributed by atoms with E-state index in [1.54, 1.807) is 12.1 Å². The van der Waals surface area contributed by atoms with Gasteiger partial charge in [0.15, 0.2) is 0 Å². The molecule has 0 spiro atoms. The fourth-order valence-corrected chi connectivity index (χ4v) is 3.03. The van der Waals surface area contributed by atoms with E-state index in [1.165, 1.54) is 6.07 Å². The zero-order chi connectivity index (χ0) is 15.4. The van der Waals surface area contributed by atoms with Crippen molar-refractivity contribution < 1.29 is 9.18 Å². The Labute approximate surface area is 127 Å². The van der Waals surface area contributed by atoms with Gasteiger partial charge in [-0.1, -0.05) is 36.2 Å². The summed E-state index contributed by atoms with van der Waals surface area (Å²) < 4.78 is 16.2. The normalized spacial score (nSPS) is 12.0. The molecule has 0 N–H and O–H groups in total. The minimum Gasteiger partial charge on any atom is -0.318 e. The number of aldehydes is 1. The average Bonchev–Trinajstić information content (AvgIpc) is 2.46. The van der Waals surface area contributed by atoms with E-state index in [1.807, 2.05) is 37.4 Å². The smallest absolute Gasteiger partial charge is 0.150 e. The molecule has 0 aliphatic carbocycles. The Hall–Kier alpha value is -1.94. The molecule has 2 nitrogen and oxygen atoms in total. The Balaban J connectivity index is 2.36. The first-order valence-corrected chi connectivity index (χ1v) is 8.31. The van der Waals surface area contributed by atoms with Crippen LogP contribution in [0.4, 0.5) is 10.1 Å². The molecule has 0 aliphatic heterocycles. The molecule has 0 fully saturated rings. The Kier molecular flexibility index (Phi) is 4.91. The summed E-state index contributed by atoms with van der Waals surface area (Å²) in [6.07, 6.45) is 2.65. The van der Waals surface area contributed by atoms with Crippen molar-refractivity contribution in [1.82, 2.24) is 0 Å². The first-order valence-electron chi connectivity index (χ1n) is 6.55. The molecule has 0 saturated heterocycles. The van der Waals surface area contributed by atoms with Gasteiger partial charge in [-0.3, -0.25) is 4.79 Å². The van der Waals surface area contributed by atoms with Crippen LogP contribution in [0, 0.1) is 12.7 Å². The molecule has 0 aliphatic rings. The van der Waals surface area contributed by atoms with Crippen molar-refractivity contribution in [2.45, 2.75) is 13.5 Å². The predicted molar refractivity (Wildman–Crippen MR) is 89.8 cm³/mol. The van der Waals surface area contributed by atoms with Crippen molar-refractivity contribution in [3.8, 4) is 0 Å². The molecule has 110 valence electrons. The highest BCUT2D eigenvalue weighted by molar-refractivity contribution is 8.14. The van der Waals surface area contributed by atoms with Crippen LogP contribution in [0.5, 0.6) is 0 Å². The van der Waals surface area contributed by atoms with E-state index < -0.39 is 0 Å². The van der Waals surface area contributed by atoms with Crippen LogP contribution in [0.25, 0.3) is 0 Å². The van der Waals surface area contributed by atoms with Gasteiger partial charge in [0.1, 0.15) is 12.1 Å². The van der Waals surface area contributed by atoms with E-state index >= 15 is 0 Å². The van der Waals surface area contributed by atoms with Gasteiger partial charge in [-0.05, 0) is 30.9 Å². The SMILES string of the molecule is C=S(C)N(Cc1ccc(C=O)cc1F)c1ccccc1C. The molecule has 1 atom stereocenters. The van der Waals surface area contributed by atoms with Gasteiger partial charge in [0.25, 0.3) is 0 Å². The molecular formula is C17H18FNOS. The number of anilines is 1. The minimum atomic E-state index is -0.358. The fraction of sp³-hybridized carbons (Fsp3) is 0.176. The number of hydrogen-bond acceptors (Lipinski definition) is 2. The van der Waals surface area contributed by atoms with Crippen LogP contribution in [0.15, 0.2) is 42.5 Å². The van der Waals surface area contributed by atoms with E-state index in [4.69, 9.17) is 0 Å². The molecule has 2 aromatic rings. The highest BCUT2D eigenvalue weighted by atomic mass is 32.2. The maximum atomic E-state index is 14.1. The molecule has 0 aromatic heterocycles. The second kappa shape index (κ2) is 6.68. The molecule has 0 bridgehead atoms. The molecule has 0 amide bonds. The monoisotopic (exact) mass is 303 g/mol. The van der Waals surface area contributed by atoms with Crippen LogP contribution in [0.2, 0.25) is 0 Å². The number of carbonyl (C=O) groups is 1. The standard InChI is InChI=1S/C17H18FNOS/c1-13-6-4-5-7-17(13)19(21(2)3)11-15-9-8-14(12-20)10-16(15)18/h4-10,12H,2,11H2,1,3H3. The number of hydrogen-bond donors (Lipinski definition) is 0. The van der Waals surface area contributed by atoms with Gasteiger partial charge in [0.05, 0.1) is 6.54 Å². The van der Waals surface area contributed by atoms with E-state index in [0.717, 1.165) is 11.3 Å². The third-order valence-corrected chi connectivity index (χ3v) is 4.37. The third kappa shape index (κ3) is 3.58. The van der Waals surface area contributed by atoms with Gasteiger partial charge < -0.3 is 4.31 Å². The number of halogens is 1. The van der Waals surface area contributed by atoms with Crippen LogP contribution in [-0.4, -0.2) is 18.4 Å². The molecular weight excluding hydrogens is 285 g/mol. The zero-order valence-electron chi connectivity index (χ0n) is 12.2. The number of para-hydroxylation sites is 1. The summed E-state index contributed by atoms with van der Waals surface area (Å²) in [5.41, 5.74) is 3.10. The van der Waals surface area contributed by atoms with Crippen molar-refractivity contribution in [3.63, 3.8) is 0 Å². The number of benzene rings is 2. The lowest BCUT2D eigenvalue weighted by Gasteiger charge is -2.27. The number of rotatable bonds is 5. The molecule has 0 heterocycles. The minimum absolute atomic E-state index is 0.283. The third-order valence-electron chi connectivity index (χ3n) is 3.29. The van der Waals surface area contributed by atoms with Crippen LogP contribution in [-0.2, 0) is 6.54 Å². The van der Waals surface area contributed by atoms with E-state index in [9.17, 15) is 9.18 Å². The van der Waals surface area contributed by atoms with Crippen LogP contribution >= 0.6 is 10.7 Å². The van der Waals surface area contributed by atoms with Crippen LogP contribution < -0.4 is 4.31 Å². The Bertz CT molecular complexity index is 684. The van der Waals surface area contributed by atoms with Crippen molar-refractivity contribution in [1.29, 1.82) is 0 Å². The largest absolute Gasteiger partial charge is 0.318 e.